The summed E-state index contributed by atoms with van der Waals surface area (Å²) in [5.74, 6) is 0. The van der Waals surface area contributed by atoms with Crippen LogP contribution in [0.25, 0.3) is 0 Å². The zero-order valence-corrected chi connectivity index (χ0v) is 14.0. The van der Waals surface area contributed by atoms with Crippen LogP contribution < -0.4 is 0 Å². The van der Waals surface area contributed by atoms with Gasteiger partial charge in [-0.3, -0.25) is 0 Å². The summed E-state index contributed by atoms with van der Waals surface area (Å²) in [5, 5.41) is 0. The lowest BCUT2D eigenvalue weighted by molar-refractivity contribution is 2.15. The Bertz CT molecular complexity index is 134. The van der Waals surface area contributed by atoms with Crippen molar-refractivity contribution in [1.82, 2.24) is 0 Å². The number of rotatable bonds is 3. The molecule has 88 valence electrons. The van der Waals surface area contributed by atoms with E-state index in [1.165, 1.54) is 0 Å². The van der Waals surface area contributed by atoms with Crippen molar-refractivity contribution in [3.63, 3.8) is 0 Å². The van der Waals surface area contributed by atoms with Crippen LogP contribution in [0.5, 0.6) is 0 Å². The Balaban J connectivity index is 5.02. The Morgan fingerprint density at radius 1 is 0.462 bits per heavy atom. The van der Waals surface area contributed by atoms with E-state index in [0.717, 1.165) is 0 Å². The Hall–Kier alpha value is 1.40. The van der Waals surface area contributed by atoms with Crippen molar-refractivity contribution in [1.29, 1.82) is 0 Å². The molecule has 13 heavy (non-hydrogen) atoms. The van der Waals surface area contributed by atoms with E-state index >= 15 is 0 Å². The van der Waals surface area contributed by atoms with Crippen LogP contribution in [-0.4, -0.2) is 56.3 Å². The maximum atomic E-state index is 2.51. The highest BCUT2D eigenvalue weighted by Gasteiger charge is 2.31. The van der Waals surface area contributed by atoms with Gasteiger partial charge >= 0.3 is 0 Å². The first-order valence-electron chi connectivity index (χ1n) is 4.22. The summed E-state index contributed by atoms with van der Waals surface area (Å²) < 4.78 is 0. The van der Waals surface area contributed by atoms with E-state index in [1.54, 1.807) is 0 Å². The molecule has 0 N–H and O–H groups in total. The molecule has 0 heterocycles. The van der Waals surface area contributed by atoms with Crippen molar-refractivity contribution in [2.45, 2.75) is 0 Å². The highest BCUT2D eigenvalue weighted by molar-refractivity contribution is 9.56. The van der Waals surface area contributed by atoms with Gasteiger partial charge in [-0.05, 0) is 56.3 Å². The average molecular weight is 265 g/mol. The average Bonchev–Trinajstić information content (AvgIpc) is 1.44. The molecule has 0 saturated carbocycles. The van der Waals surface area contributed by atoms with Gasteiger partial charge in [-0.2, -0.15) is 7.99 Å². The van der Waals surface area contributed by atoms with Crippen LogP contribution in [0, 0.1) is 0 Å². The zero-order valence-electron chi connectivity index (χ0n) is 10.7. The lowest BCUT2D eigenvalue weighted by atomic mass is 11.9. The highest BCUT2D eigenvalue weighted by Crippen LogP contribution is 2.93. The summed E-state index contributed by atoms with van der Waals surface area (Å²) in [5.41, 5.74) is 0. The lowest BCUT2D eigenvalue weighted by Gasteiger charge is -2.60. The van der Waals surface area contributed by atoms with Gasteiger partial charge in [0.15, 0.2) is 0 Å². The van der Waals surface area contributed by atoms with Crippen molar-refractivity contribution in [3.8, 4) is 0 Å². The first-order chi connectivity index (χ1) is 5.37. The van der Waals surface area contributed by atoms with Gasteiger partial charge in [0.1, 0.15) is 0 Å². The van der Waals surface area contributed by atoms with Crippen LogP contribution in [0.1, 0.15) is 0 Å². The van der Waals surface area contributed by atoms with E-state index in [4.69, 9.17) is 0 Å². The zero-order chi connectivity index (χ0) is 11.1. The first kappa shape index (κ1) is 14.4. The van der Waals surface area contributed by atoms with Crippen LogP contribution in [0.4, 0.5) is 0 Å². The second-order valence-electron chi connectivity index (χ2n) is 5.54. The van der Waals surface area contributed by atoms with Crippen molar-refractivity contribution >= 4 is 35.2 Å². The number of thiol groups is 1. The van der Waals surface area contributed by atoms with Crippen LogP contribution >= 0.6 is 35.2 Å². The summed E-state index contributed by atoms with van der Waals surface area (Å²) in [6.07, 6.45) is 22.6. The Morgan fingerprint density at radius 3 is 0.615 bits per heavy atom. The highest BCUT2D eigenvalue weighted by atomic mass is 33.9. The maximum Gasteiger partial charge on any atom is -0.0266 e. The molecule has 0 atom stereocenters. The van der Waals surface area contributed by atoms with Crippen LogP contribution in [-0.2, 0) is 0 Å². The fraction of sp³-hybridized carbons (Fsp3) is 1.00. The van der Waals surface area contributed by atoms with Gasteiger partial charge in [0.05, 0.1) is 0 Å². The second-order valence-corrected chi connectivity index (χ2v) is 31.8. The summed E-state index contributed by atoms with van der Waals surface area (Å²) in [6, 6.07) is 0. The molecule has 0 spiro atoms. The minimum atomic E-state index is -0.341. The molecule has 0 aliphatic rings. The van der Waals surface area contributed by atoms with Gasteiger partial charge in [-0.1, -0.05) is 0 Å². The second kappa shape index (κ2) is 4.11. The van der Waals surface area contributed by atoms with Gasteiger partial charge in [0, 0.05) is 0 Å². The minimum Gasteiger partial charge on any atom is -0.206 e. The first-order valence-corrected chi connectivity index (χ1v) is 16.0. The molecule has 0 aliphatic carbocycles. The maximum absolute atomic E-state index is 2.51. The molecule has 4 heteroatoms. The minimum absolute atomic E-state index is 0.266. The van der Waals surface area contributed by atoms with Crippen molar-refractivity contribution in [3.05, 3.63) is 0 Å². The van der Waals surface area contributed by atoms with Crippen molar-refractivity contribution in [2.75, 3.05) is 56.3 Å². The molecular weight excluding hydrogens is 236 g/mol. The fourth-order valence-electron chi connectivity index (χ4n) is 2.01. The van der Waals surface area contributed by atoms with Crippen LogP contribution in [0.3, 0.4) is 0 Å². The fourth-order valence-corrected chi connectivity index (χ4v) is 54.3. The molecule has 0 rings (SSSR count). The smallest absolute Gasteiger partial charge is 0.0266 e. The molecule has 0 saturated heterocycles. The van der Waals surface area contributed by atoms with Crippen molar-refractivity contribution in [2.24, 2.45) is 0 Å². The van der Waals surface area contributed by atoms with Crippen molar-refractivity contribution < 1.29 is 0 Å². The Labute approximate surface area is 91.1 Å². The molecule has 0 unspecified atom stereocenters. The predicted molar refractivity (Wildman–Crippen MR) is 85.1 cm³/mol. The molecule has 0 fully saturated rings. The largest absolute Gasteiger partial charge is 0.206 e. The number of hydrogen-bond donors (Lipinski definition) is 1. The quantitative estimate of drug-likeness (QED) is 0.581. The SMILES string of the molecule is CS(C)(C)[SH](S(C)(C)C)S(C)(C)C. The number of hydrogen-bond acceptors (Lipinski definition) is 0. The van der Waals surface area contributed by atoms with E-state index in [2.05, 4.69) is 56.3 Å². The lowest BCUT2D eigenvalue weighted by Crippen LogP contribution is -2.06. The summed E-state index contributed by atoms with van der Waals surface area (Å²) in [6.45, 7) is 0. The normalized spacial score (nSPS) is 19.6. The van der Waals surface area contributed by atoms with Gasteiger partial charge in [-0.25, -0.2) is 27.2 Å². The molecule has 0 aromatic rings. The molecule has 0 amide bonds. The van der Waals surface area contributed by atoms with Gasteiger partial charge < -0.3 is 0 Å². The Morgan fingerprint density at radius 2 is 0.615 bits per heavy atom. The van der Waals surface area contributed by atoms with E-state index in [0.29, 0.717) is 0 Å². The monoisotopic (exact) mass is 264 g/mol. The van der Waals surface area contributed by atoms with Crippen LogP contribution in [0.15, 0.2) is 0 Å². The molecule has 0 aromatic heterocycles. The summed E-state index contributed by atoms with van der Waals surface area (Å²) in [4.78, 5) is 0. The molecule has 0 nitrogen and oxygen atoms in total. The molecule has 0 aromatic carbocycles. The third-order valence-corrected chi connectivity index (χ3v) is 36.2. The van der Waals surface area contributed by atoms with Crippen LogP contribution in [0.2, 0.25) is 0 Å². The topological polar surface area (TPSA) is 0 Å². The van der Waals surface area contributed by atoms with E-state index in [-0.39, 0.29) is 35.2 Å². The summed E-state index contributed by atoms with van der Waals surface area (Å²) >= 11 is 0. The molecule has 0 bridgehead atoms. The van der Waals surface area contributed by atoms with Gasteiger partial charge in [0.2, 0.25) is 0 Å². The summed E-state index contributed by atoms with van der Waals surface area (Å²) in [7, 11) is -0.758. The molecule has 0 radical (unpaired) electrons. The predicted octanol–water partition coefficient (Wildman–Crippen LogP) is 3.81. The molecule has 0 aliphatic heterocycles. The Kier molecular flexibility index (Phi) is 4.55. The van der Waals surface area contributed by atoms with E-state index in [1.807, 2.05) is 0 Å². The van der Waals surface area contributed by atoms with E-state index < -0.39 is 0 Å². The van der Waals surface area contributed by atoms with Gasteiger partial charge in [0.25, 0.3) is 0 Å². The van der Waals surface area contributed by atoms with Gasteiger partial charge in [-0.15, -0.1) is 0 Å². The standard InChI is InChI=1S/C9H28S4/c1-11(2,3)10(12(4,5)6)13(7,8)9/h10H,1-9H3. The third kappa shape index (κ3) is 4.63. The molecular formula is C9H28S4. The van der Waals surface area contributed by atoms with E-state index in [9.17, 15) is 0 Å². The third-order valence-electron chi connectivity index (χ3n) is 1.34.